The van der Waals surface area contributed by atoms with Crippen molar-refractivity contribution >= 4 is 33.2 Å². The van der Waals surface area contributed by atoms with Crippen molar-refractivity contribution in [3.05, 3.63) is 95.5 Å². The second-order valence-corrected chi connectivity index (χ2v) is 10.1. The van der Waals surface area contributed by atoms with Gasteiger partial charge in [-0.05, 0) is 47.4 Å². The monoisotopic (exact) mass is 463 g/mol. The fraction of sp³-hybridized carbons (Fsp3) is 0.0833. The van der Waals surface area contributed by atoms with Crippen LogP contribution >= 0.6 is 11.3 Å². The van der Waals surface area contributed by atoms with E-state index in [1.165, 1.54) is 24.5 Å². The zero-order valence-corrected chi connectivity index (χ0v) is 18.9. The number of nitrogens with one attached hydrogen (secondary N) is 1. The Bertz CT molecular complexity index is 1340. The first-order valence-corrected chi connectivity index (χ1v) is 12.6. The Hall–Kier alpha value is -3.49. The first-order valence-electron chi connectivity index (χ1n) is 9.84. The van der Waals surface area contributed by atoms with E-state index in [1.807, 2.05) is 54.0 Å². The van der Waals surface area contributed by atoms with E-state index < -0.39 is 9.84 Å². The molecule has 0 aliphatic heterocycles. The van der Waals surface area contributed by atoms with Crippen LogP contribution in [0.15, 0.2) is 89.3 Å². The standard InChI is InChI=1S/C24H21N3O3S2/c1-32(29,30)21-12-9-18(10-13-21)16-25-23(28)14-11-19-17-27(20-6-3-2-4-7-20)26-24(19)22-8-5-15-31-22/h2-15,17H,16H2,1H3,(H,25,28)/b14-11+. The number of rotatable bonds is 7. The number of sulfone groups is 1. The molecule has 2 aromatic carbocycles. The number of hydrogen-bond acceptors (Lipinski definition) is 5. The van der Waals surface area contributed by atoms with Gasteiger partial charge in [-0.15, -0.1) is 11.3 Å². The Morgan fingerprint density at radius 3 is 2.47 bits per heavy atom. The van der Waals surface area contributed by atoms with Gasteiger partial charge in [-0.3, -0.25) is 4.79 Å². The first kappa shape index (κ1) is 21.7. The van der Waals surface area contributed by atoms with Gasteiger partial charge in [0.25, 0.3) is 0 Å². The number of carbonyl (C=O) groups excluding carboxylic acids is 1. The van der Waals surface area contributed by atoms with Crippen LogP contribution in [0.4, 0.5) is 0 Å². The molecule has 4 rings (SSSR count). The summed E-state index contributed by atoms with van der Waals surface area (Å²) in [7, 11) is -3.24. The third-order valence-corrected chi connectivity index (χ3v) is 6.76. The van der Waals surface area contributed by atoms with Crippen LogP contribution in [-0.2, 0) is 21.2 Å². The van der Waals surface area contributed by atoms with Gasteiger partial charge in [-0.2, -0.15) is 5.10 Å². The van der Waals surface area contributed by atoms with Crippen LogP contribution in [0, 0.1) is 0 Å². The van der Waals surface area contributed by atoms with Crippen molar-refractivity contribution in [3.8, 4) is 16.3 Å². The van der Waals surface area contributed by atoms with Gasteiger partial charge in [0.15, 0.2) is 9.84 Å². The predicted octanol–water partition coefficient (Wildman–Crippen LogP) is 4.33. The van der Waals surface area contributed by atoms with Gasteiger partial charge in [0.05, 0.1) is 15.5 Å². The quantitative estimate of drug-likeness (QED) is 0.414. The maximum Gasteiger partial charge on any atom is 0.244 e. The molecule has 6 nitrogen and oxygen atoms in total. The fourth-order valence-electron chi connectivity index (χ4n) is 3.10. The van der Waals surface area contributed by atoms with Gasteiger partial charge in [0.1, 0.15) is 5.69 Å². The minimum absolute atomic E-state index is 0.248. The highest BCUT2D eigenvalue weighted by molar-refractivity contribution is 7.90. The highest BCUT2D eigenvalue weighted by Crippen LogP contribution is 2.28. The largest absolute Gasteiger partial charge is 0.348 e. The van der Waals surface area contributed by atoms with Gasteiger partial charge in [-0.1, -0.05) is 36.4 Å². The molecule has 32 heavy (non-hydrogen) atoms. The van der Waals surface area contributed by atoms with E-state index in [9.17, 15) is 13.2 Å². The lowest BCUT2D eigenvalue weighted by molar-refractivity contribution is -0.116. The van der Waals surface area contributed by atoms with Gasteiger partial charge >= 0.3 is 0 Å². The predicted molar refractivity (Wildman–Crippen MR) is 127 cm³/mol. The number of aromatic nitrogens is 2. The Labute approximate surface area is 190 Å². The summed E-state index contributed by atoms with van der Waals surface area (Å²) in [6.07, 6.45) is 6.30. The molecule has 2 aromatic heterocycles. The van der Waals surface area contributed by atoms with Crippen molar-refractivity contribution in [1.82, 2.24) is 15.1 Å². The van der Waals surface area contributed by atoms with Crippen molar-refractivity contribution in [3.63, 3.8) is 0 Å². The molecular formula is C24H21N3O3S2. The number of amides is 1. The van der Waals surface area contributed by atoms with Crippen molar-refractivity contribution in [2.24, 2.45) is 0 Å². The third kappa shape index (κ3) is 5.22. The average Bonchev–Trinajstić information content (AvgIpc) is 3.46. The van der Waals surface area contributed by atoms with E-state index in [4.69, 9.17) is 5.10 Å². The minimum Gasteiger partial charge on any atom is -0.348 e. The van der Waals surface area contributed by atoms with E-state index in [1.54, 1.807) is 34.2 Å². The summed E-state index contributed by atoms with van der Waals surface area (Å²) in [6, 6.07) is 20.2. The zero-order chi connectivity index (χ0) is 22.6. The molecule has 0 fully saturated rings. The van der Waals surface area contributed by atoms with Crippen molar-refractivity contribution in [2.75, 3.05) is 6.26 Å². The number of benzene rings is 2. The van der Waals surface area contributed by atoms with E-state index in [0.717, 1.165) is 27.4 Å². The minimum atomic E-state index is -3.24. The Kier molecular flexibility index (Phi) is 6.34. The molecule has 0 aliphatic rings. The molecule has 8 heteroatoms. The number of nitrogens with zero attached hydrogens (tertiary/aromatic N) is 2. The summed E-state index contributed by atoms with van der Waals surface area (Å²) in [5.74, 6) is -0.248. The molecule has 0 bridgehead atoms. The van der Waals surface area contributed by atoms with Crippen molar-refractivity contribution in [1.29, 1.82) is 0 Å². The highest BCUT2D eigenvalue weighted by Gasteiger charge is 2.12. The lowest BCUT2D eigenvalue weighted by atomic mass is 10.2. The summed E-state index contributed by atoms with van der Waals surface area (Å²) in [4.78, 5) is 13.6. The molecule has 0 unspecified atom stereocenters. The molecule has 0 spiro atoms. The van der Waals surface area contributed by atoms with Crippen LogP contribution in [0.25, 0.3) is 22.3 Å². The second-order valence-electron chi connectivity index (χ2n) is 7.16. The number of para-hydroxylation sites is 1. The molecule has 0 saturated carbocycles. The third-order valence-electron chi connectivity index (χ3n) is 4.75. The van der Waals surface area contributed by atoms with E-state index in [0.29, 0.717) is 6.54 Å². The van der Waals surface area contributed by atoms with Gasteiger partial charge in [0.2, 0.25) is 5.91 Å². The summed E-state index contributed by atoms with van der Waals surface area (Å²) >= 11 is 1.59. The van der Waals surface area contributed by atoms with Crippen LogP contribution in [-0.4, -0.2) is 30.4 Å². The Morgan fingerprint density at radius 1 is 1.06 bits per heavy atom. The molecule has 0 radical (unpaired) electrons. The van der Waals surface area contributed by atoms with Crippen molar-refractivity contribution < 1.29 is 13.2 Å². The Balaban J connectivity index is 1.48. The summed E-state index contributed by atoms with van der Waals surface area (Å²) < 4.78 is 24.9. The maximum absolute atomic E-state index is 12.4. The van der Waals surface area contributed by atoms with Crippen LogP contribution < -0.4 is 5.32 Å². The SMILES string of the molecule is CS(=O)(=O)c1ccc(CNC(=O)/C=C/c2cn(-c3ccccc3)nc2-c2cccs2)cc1. The van der Waals surface area contributed by atoms with Crippen molar-refractivity contribution in [2.45, 2.75) is 11.4 Å². The lowest BCUT2D eigenvalue weighted by Gasteiger charge is -2.04. The average molecular weight is 464 g/mol. The van der Waals surface area contributed by atoms with Gasteiger partial charge in [-0.25, -0.2) is 13.1 Å². The fourth-order valence-corrected chi connectivity index (χ4v) is 4.46. The van der Waals surface area contributed by atoms with Gasteiger partial charge < -0.3 is 5.32 Å². The Morgan fingerprint density at radius 2 is 1.81 bits per heavy atom. The lowest BCUT2D eigenvalue weighted by Crippen LogP contribution is -2.20. The first-order chi connectivity index (χ1) is 15.4. The molecule has 0 aliphatic carbocycles. The smallest absolute Gasteiger partial charge is 0.244 e. The molecule has 4 aromatic rings. The summed E-state index contributed by atoms with van der Waals surface area (Å²) in [6.45, 7) is 0.300. The van der Waals surface area contributed by atoms with Crippen LogP contribution in [0.5, 0.6) is 0 Å². The molecular weight excluding hydrogens is 442 g/mol. The number of thiophene rings is 1. The van der Waals surface area contributed by atoms with E-state index in [2.05, 4.69) is 5.32 Å². The summed E-state index contributed by atoms with van der Waals surface area (Å²) in [5, 5.41) is 9.53. The molecule has 1 amide bonds. The summed E-state index contributed by atoms with van der Waals surface area (Å²) in [5.41, 5.74) is 3.40. The normalized spacial score (nSPS) is 11.7. The molecule has 162 valence electrons. The maximum atomic E-state index is 12.4. The van der Waals surface area contributed by atoms with Crippen LogP contribution in [0.1, 0.15) is 11.1 Å². The van der Waals surface area contributed by atoms with Crippen LogP contribution in [0.2, 0.25) is 0 Å². The van der Waals surface area contributed by atoms with E-state index in [-0.39, 0.29) is 10.8 Å². The van der Waals surface area contributed by atoms with Crippen LogP contribution in [0.3, 0.4) is 0 Å². The molecule has 2 heterocycles. The van der Waals surface area contributed by atoms with Gasteiger partial charge in [0, 0.05) is 30.6 Å². The number of carbonyl (C=O) groups is 1. The molecule has 1 N–H and O–H groups in total. The molecule has 0 atom stereocenters. The number of hydrogen-bond donors (Lipinski definition) is 1. The molecule has 0 saturated heterocycles. The topological polar surface area (TPSA) is 81.1 Å². The highest BCUT2D eigenvalue weighted by atomic mass is 32.2. The second kappa shape index (κ2) is 9.33. The zero-order valence-electron chi connectivity index (χ0n) is 17.3. The van der Waals surface area contributed by atoms with E-state index >= 15 is 0 Å².